The number of hydrogen-bond acceptors (Lipinski definition) is 2. The van der Waals surface area contributed by atoms with Gasteiger partial charge in [0.15, 0.2) is 0 Å². The average Bonchev–Trinajstić information content (AvgIpc) is 2.48. The molecule has 1 aromatic rings. The zero-order valence-electron chi connectivity index (χ0n) is 12.4. The van der Waals surface area contributed by atoms with Crippen LogP contribution >= 0.6 is 0 Å². The zero-order valence-corrected chi connectivity index (χ0v) is 12.4. The fourth-order valence-corrected chi connectivity index (χ4v) is 2.74. The van der Waals surface area contributed by atoms with Crippen molar-refractivity contribution in [3.63, 3.8) is 0 Å². The molecule has 1 saturated heterocycles. The molecule has 0 unspecified atom stereocenters. The van der Waals surface area contributed by atoms with Gasteiger partial charge in [0.05, 0.1) is 5.56 Å². The highest BCUT2D eigenvalue weighted by molar-refractivity contribution is 5.48. The summed E-state index contributed by atoms with van der Waals surface area (Å²) in [6, 6.07) is 5.51. The number of nitrogens with zero attached hydrogens (tertiary/aromatic N) is 1. The number of benzene rings is 1. The number of alkyl halides is 3. The summed E-state index contributed by atoms with van der Waals surface area (Å²) in [7, 11) is 0. The quantitative estimate of drug-likeness (QED) is 0.829. The summed E-state index contributed by atoms with van der Waals surface area (Å²) in [5.41, 5.74) is 0.313. The lowest BCUT2D eigenvalue weighted by Gasteiger charge is -2.34. The standard InChI is InChI=1S/C16H23F3N2/c1-2-9-20-12-13-7-10-21(11-8-13)15-5-3-14(4-6-15)16(17,18)19/h3-6,13,20H,2,7-12H2,1H3. The number of piperidine rings is 1. The van der Waals surface area contributed by atoms with Gasteiger partial charge in [0, 0.05) is 18.8 Å². The first-order valence-electron chi connectivity index (χ1n) is 7.63. The van der Waals surface area contributed by atoms with E-state index in [1.807, 2.05) is 0 Å². The van der Waals surface area contributed by atoms with Gasteiger partial charge in [-0.05, 0) is 62.5 Å². The molecule has 1 aromatic carbocycles. The molecular formula is C16H23F3N2. The molecule has 5 heteroatoms. The Bertz CT molecular complexity index is 420. The Labute approximate surface area is 124 Å². The Morgan fingerprint density at radius 3 is 2.29 bits per heavy atom. The van der Waals surface area contributed by atoms with Crippen molar-refractivity contribution >= 4 is 5.69 Å². The third-order valence-corrected chi connectivity index (χ3v) is 4.03. The summed E-state index contributed by atoms with van der Waals surface area (Å²) in [5, 5.41) is 3.44. The average molecular weight is 300 g/mol. The predicted molar refractivity (Wildman–Crippen MR) is 79.5 cm³/mol. The molecule has 1 aliphatic rings. The maximum Gasteiger partial charge on any atom is 0.416 e. The van der Waals surface area contributed by atoms with Crippen molar-refractivity contribution in [2.24, 2.45) is 5.92 Å². The molecule has 1 fully saturated rings. The van der Waals surface area contributed by atoms with E-state index in [1.165, 1.54) is 12.1 Å². The van der Waals surface area contributed by atoms with E-state index in [2.05, 4.69) is 17.1 Å². The number of halogens is 3. The molecule has 1 heterocycles. The number of hydrogen-bond donors (Lipinski definition) is 1. The SMILES string of the molecule is CCCNCC1CCN(c2ccc(C(F)(F)F)cc2)CC1. The largest absolute Gasteiger partial charge is 0.416 e. The Kier molecular flexibility index (Phi) is 5.51. The molecule has 2 nitrogen and oxygen atoms in total. The van der Waals surface area contributed by atoms with E-state index in [0.717, 1.165) is 51.1 Å². The highest BCUT2D eigenvalue weighted by atomic mass is 19.4. The van der Waals surface area contributed by atoms with Crippen LogP contribution < -0.4 is 10.2 Å². The van der Waals surface area contributed by atoms with Gasteiger partial charge >= 0.3 is 6.18 Å². The van der Waals surface area contributed by atoms with Gasteiger partial charge in [-0.2, -0.15) is 13.2 Å². The normalized spacial score (nSPS) is 17.2. The van der Waals surface area contributed by atoms with E-state index < -0.39 is 11.7 Å². The Morgan fingerprint density at radius 2 is 1.76 bits per heavy atom. The minimum atomic E-state index is -4.25. The molecule has 0 amide bonds. The Balaban J connectivity index is 1.85. The Morgan fingerprint density at radius 1 is 1.14 bits per heavy atom. The summed E-state index contributed by atoms with van der Waals surface area (Å²) >= 11 is 0. The van der Waals surface area contributed by atoms with Crippen LogP contribution in [-0.2, 0) is 6.18 Å². The van der Waals surface area contributed by atoms with Gasteiger partial charge in [-0.1, -0.05) is 6.92 Å². The van der Waals surface area contributed by atoms with Gasteiger partial charge in [-0.15, -0.1) is 0 Å². The van der Waals surface area contributed by atoms with E-state index in [1.54, 1.807) is 12.1 Å². The van der Waals surface area contributed by atoms with Crippen molar-refractivity contribution in [2.75, 3.05) is 31.1 Å². The lowest BCUT2D eigenvalue weighted by Crippen LogP contribution is -2.37. The van der Waals surface area contributed by atoms with Crippen LogP contribution in [0.25, 0.3) is 0 Å². The van der Waals surface area contributed by atoms with Crippen molar-refractivity contribution in [3.05, 3.63) is 29.8 Å². The smallest absolute Gasteiger partial charge is 0.372 e. The highest BCUT2D eigenvalue weighted by Gasteiger charge is 2.30. The van der Waals surface area contributed by atoms with Crippen molar-refractivity contribution in [2.45, 2.75) is 32.4 Å². The van der Waals surface area contributed by atoms with Crippen LogP contribution in [0.15, 0.2) is 24.3 Å². The highest BCUT2D eigenvalue weighted by Crippen LogP contribution is 2.31. The minimum absolute atomic E-state index is 0.579. The van der Waals surface area contributed by atoms with Gasteiger partial charge in [-0.25, -0.2) is 0 Å². The predicted octanol–water partition coefficient (Wildman–Crippen LogP) is 3.92. The summed E-state index contributed by atoms with van der Waals surface area (Å²) in [6.07, 6.45) is -0.920. The molecule has 118 valence electrons. The van der Waals surface area contributed by atoms with E-state index >= 15 is 0 Å². The summed E-state index contributed by atoms with van der Waals surface area (Å²) in [6.45, 7) is 6.10. The molecule has 0 aliphatic carbocycles. The zero-order chi connectivity index (χ0) is 15.3. The van der Waals surface area contributed by atoms with Crippen LogP contribution in [-0.4, -0.2) is 26.2 Å². The summed E-state index contributed by atoms with van der Waals surface area (Å²) in [4.78, 5) is 2.18. The second-order valence-corrected chi connectivity index (χ2v) is 5.68. The lowest BCUT2D eigenvalue weighted by molar-refractivity contribution is -0.137. The van der Waals surface area contributed by atoms with E-state index in [-0.39, 0.29) is 0 Å². The molecule has 2 rings (SSSR count). The maximum atomic E-state index is 12.5. The monoisotopic (exact) mass is 300 g/mol. The molecule has 1 N–H and O–H groups in total. The van der Waals surface area contributed by atoms with Gasteiger partial charge in [0.1, 0.15) is 0 Å². The number of nitrogens with one attached hydrogen (secondary N) is 1. The van der Waals surface area contributed by atoms with Crippen molar-refractivity contribution in [1.82, 2.24) is 5.32 Å². The molecule has 0 radical (unpaired) electrons. The van der Waals surface area contributed by atoms with E-state index in [9.17, 15) is 13.2 Å². The first-order chi connectivity index (χ1) is 10.0. The fourth-order valence-electron chi connectivity index (χ4n) is 2.74. The second-order valence-electron chi connectivity index (χ2n) is 5.68. The van der Waals surface area contributed by atoms with Gasteiger partial charge in [0.25, 0.3) is 0 Å². The van der Waals surface area contributed by atoms with Gasteiger partial charge in [-0.3, -0.25) is 0 Å². The molecule has 0 bridgehead atoms. The third-order valence-electron chi connectivity index (χ3n) is 4.03. The summed E-state index contributed by atoms with van der Waals surface area (Å²) in [5.74, 6) is 0.683. The topological polar surface area (TPSA) is 15.3 Å². The van der Waals surface area contributed by atoms with Crippen LogP contribution in [0.5, 0.6) is 0 Å². The second kappa shape index (κ2) is 7.16. The molecule has 21 heavy (non-hydrogen) atoms. The van der Waals surface area contributed by atoms with Crippen LogP contribution in [0.4, 0.5) is 18.9 Å². The van der Waals surface area contributed by atoms with Crippen LogP contribution in [0.2, 0.25) is 0 Å². The van der Waals surface area contributed by atoms with Gasteiger partial charge < -0.3 is 10.2 Å². The van der Waals surface area contributed by atoms with Crippen molar-refractivity contribution in [3.8, 4) is 0 Å². The van der Waals surface area contributed by atoms with Crippen LogP contribution in [0.3, 0.4) is 0 Å². The minimum Gasteiger partial charge on any atom is -0.372 e. The number of rotatable bonds is 5. The molecule has 0 saturated carbocycles. The van der Waals surface area contributed by atoms with E-state index in [4.69, 9.17) is 0 Å². The maximum absolute atomic E-state index is 12.5. The molecule has 0 spiro atoms. The van der Waals surface area contributed by atoms with E-state index in [0.29, 0.717) is 5.92 Å². The Hall–Kier alpha value is -1.23. The number of anilines is 1. The van der Waals surface area contributed by atoms with Crippen LogP contribution in [0.1, 0.15) is 31.7 Å². The first-order valence-corrected chi connectivity index (χ1v) is 7.63. The first kappa shape index (κ1) is 16.1. The molecule has 0 atom stereocenters. The molecular weight excluding hydrogens is 277 g/mol. The van der Waals surface area contributed by atoms with Crippen molar-refractivity contribution in [1.29, 1.82) is 0 Å². The summed E-state index contributed by atoms with van der Waals surface area (Å²) < 4.78 is 37.6. The van der Waals surface area contributed by atoms with Crippen molar-refractivity contribution < 1.29 is 13.2 Å². The molecule has 1 aliphatic heterocycles. The molecule has 0 aromatic heterocycles. The third kappa shape index (κ3) is 4.63. The lowest BCUT2D eigenvalue weighted by atomic mass is 9.96. The van der Waals surface area contributed by atoms with Gasteiger partial charge in [0.2, 0.25) is 0 Å². The van der Waals surface area contributed by atoms with Crippen LogP contribution in [0, 0.1) is 5.92 Å². The fraction of sp³-hybridized carbons (Fsp3) is 0.625.